The van der Waals surface area contributed by atoms with Crippen molar-refractivity contribution in [2.75, 3.05) is 0 Å². The summed E-state index contributed by atoms with van der Waals surface area (Å²) in [6, 6.07) is 4.68. The molecule has 0 atom stereocenters. The highest BCUT2D eigenvalue weighted by Gasteiger charge is 2.05. The lowest BCUT2D eigenvalue weighted by Gasteiger charge is -2.03. The van der Waals surface area contributed by atoms with E-state index in [1.54, 1.807) is 24.5 Å². The lowest BCUT2D eigenvalue weighted by molar-refractivity contribution is 0.624. The molecule has 0 aliphatic heterocycles. The van der Waals surface area contributed by atoms with Crippen molar-refractivity contribution in [3.8, 4) is 23.7 Å². The van der Waals surface area contributed by atoms with Gasteiger partial charge in [-0.2, -0.15) is 0 Å². The van der Waals surface area contributed by atoms with Crippen molar-refractivity contribution in [2.45, 2.75) is 26.2 Å². The Morgan fingerprint density at radius 2 is 2.00 bits per heavy atom. The summed E-state index contributed by atoms with van der Waals surface area (Å²) in [5.41, 5.74) is 1.99. The molecule has 1 aromatic carbocycles. The molecule has 3 heteroatoms. The quantitative estimate of drug-likeness (QED) is 0.779. The first-order valence-corrected chi connectivity index (χ1v) is 6.32. The van der Waals surface area contributed by atoms with Gasteiger partial charge in [-0.15, -0.1) is 6.42 Å². The van der Waals surface area contributed by atoms with E-state index in [4.69, 9.17) is 6.42 Å². The van der Waals surface area contributed by atoms with Crippen molar-refractivity contribution in [3.05, 3.63) is 47.5 Å². The minimum atomic E-state index is -0.418. The predicted octanol–water partition coefficient (Wildman–Crippen LogP) is 3.61. The van der Waals surface area contributed by atoms with Crippen molar-refractivity contribution in [2.24, 2.45) is 0 Å². The molecule has 0 spiro atoms. The molecule has 0 bridgehead atoms. The van der Waals surface area contributed by atoms with Gasteiger partial charge in [0.05, 0.1) is 5.56 Å². The summed E-state index contributed by atoms with van der Waals surface area (Å²) in [4.78, 5) is 8.54. The number of unbranched alkanes of at least 4 members (excludes halogenated alkanes) is 1. The molecule has 0 saturated heterocycles. The number of terminal acetylenes is 1. The maximum atomic E-state index is 13.6. The van der Waals surface area contributed by atoms with Crippen LogP contribution in [0.15, 0.2) is 30.6 Å². The second kappa shape index (κ2) is 6.10. The summed E-state index contributed by atoms with van der Waals surface area (Å²) in [5, 5.41) is 0. The van der Waals surface area contributed by atoms with Crippen LogP contribution in [0.25, 0.3) is 11.4 Å². The van der Waals surface area contributed by atoms with E-state index in [-0.39, 0.29) is 5.56 Å². The van der Waals surface area contributed by atoms with E-state index >= 15 is 0 Å². The molecule has 0 saturated carbocycles. The number of benzene rings is 1. The SMILES string of the molecule is C#Cc1ccc(-c2ncc(CCCC)cn2)cc1F. The summed E-state index contributed by atoms with van der Waals surface area (Å²) >= 11 is 0. The Morgan fingerprint density at radius 1 is 1.26 bits per heavy atom. The number of aryl methyl sites for hydroxylation is 1. The van der Waals surface area contributed by atoms with Crippen LogP contribution in [-0.2, 0) is 6.42 Å². The second-order valence-electron chi connectivity index (χ2n) is 4.36. The van der Waals surface area contributed by atoms with Gasteiger partial charge in [-0.05, 0) is 36.6 Å². The van der Waals surface area contributed by atoms with Gasteiger partial charge < -0.3 is 0 Å². The molecule has 1 aromatic heterocycles. The highest BCUT2D eigenvalue weighted by atomic mass is 19.1. The molecule has 2 nitrogen and oxygen atoms in total. The van der Waals surface area contributed by atoms with Gasteiger partial charge in [0, 0.05) is 18.0 Å². The highest BCUT2D eigenvalue weighted by Crippen LogP contribution is 2.18. The van der Waals surface area contributed by atoms with Crippen molar-refractivity contribution < 1.29 is 4.39 Å². The summed E-state index contributed by atoms with van der Waals surface area (Å²) in [6.07, 6.45) is 12.0. The van der Waals surface area contributed by atoms with E-state index in [1.807, 2.05) is 0 Å². The van der Waals surface area contributed by atoms with Gasteiger partial charge >= 0.3 is 0 Å². The van der Waals surface area contributed by atoms with Crippen LogP contribution in [0, 0.1) is 18.2 Å². The van der Waals surface area contributed by atoms with Crippen LogP contribution in [0.4, 0.5) is 4.39 Å². The topological polar surface area (TPSA) is 25.8 Å². The van der Waals surface area contributed by atoms with Crippen LogP contribution < -0.4 is 0 Å². The number of hydrogen-bond acceptors (Lipinski definition) is 2. The molecule has 0 N–H and O–H groups in total. The Labute approximate surface area is 112 Å². The molecule has 0 unspecified atom stereocenters. The fourth-order valence-corrected chi connectivity index (χ4v) is 1.79. The first-order chi connectivity index (χ1) is 9.24. The van der Waals surface area contributed by atoms with E-state index in [0.29, 0.717) is 11.4 Å². The first-order valence-electron chi connectivity index (χ1n) is 6.32. The van der Waals surface area contributed by atoms with Crippen molar-refractivity contribution >= 4 is 0 Å². The summed E-state index contributed by atoms with van der Waals surface area (Å²) in [5.74, 6) is 2.39. The molecule has 0 aliphatic carbocycles. The van der Waals surface area contributed by atoms with Gasteiger partial charge in [-0.25, -0.2) is 14.4 Å². The summed E-state index contributed by atoms with van der Waals surface area (Å²) in [6.45, 7) is 2.14. The van der Waals surface area contributed by atoms with Crippen LogP contribution >= 0.6 is 0 Å². The van der Waals surface area contributed by atoms with Gasteiger partial charge in [-0.3, -0.25) is 0 Å². The zero-order valence-corrected chi connectivity index (χ0v) is 10.9. The number of hydrogen-bond donors (Lipinski definition) is 0. The normalized spacial score (nSPS) is 10.2. The summed E-state index contributed by atoms with van der Waals surface area (Å²) in [7, 11) is 0. The Hall–Kier alpha value is -2.21. The zero-order chi connectivity index (χ0) is 13.7. The largest absolute Gasteiger partial charge is 0.236 e. The molecule has 1 heterocycles. The standard InChI is InChI=1S/C16H15FN2/c1-3-5-6-12-10-18-16(19-11-12)14-8-7-13(4-2)15(17)9-14/h2,7-11H,3,5-6H2,1H3. The zero-order valence-electron chi connectivity index (χ0n) is 10.9. The fourth-order valence-electron chi connectivity index (χ4n) is 1.79. The third-order valence-corrected chi connectivity index (χ3v) is 2.91. The molecular formula is C16H15FN2. The minimum absolute atomic E-state index is 0.253. The molecule has 0 amide bonds. The van der Waals surface area contributed by atoms with E-state index in [0.717, 1.165) is 24.8 Å². The molecule has 2 aromatic rings. The average Bonchev–Trinajstić information content (AvgIpc) is 2.45. The van der Waals surface area contributed by atoms with E-state index in [2.05, 4.69) is 22.8 Å². The maximum Gasteiger partial charge on any atom is 0.159 e. The molecule has 0 aliphatic rings. The van der Waals surface area contributed by atoms with Gasteiger partial charge in [0.1, 0.15) is 5.82 Å². The lowest BCUT2D eigenvalue weighted by atomic mass is 10.1. The Balaban J connectivity index is 2.22. The van der Waals surface area contributed by atoms with Gasteiger partial charge in [-0.1, -0.05) is 19.3 Å². The number of rotatable bonds is 4. The summed E-state index contributed by atoms with van der Waals surface area (Å²) < 4.78 is 13.6. The number of halogens is 1. The van der Waals surface area contributed by atoms with E-state index in [9.17, 15) is 4.39 Å². The van der Waals surface area contributed by atoms with Crippen LogP contribution in [-0.4, -0.2) is 9.97 Å². The van der Waals surface area contributed by atoms with Crippen molar-refractivity contribution in [1.29, 1.82) is 0 Å². The molecular weight excluding hydrogens is 239 g/mol. The smallest absolute Gasteiger partial charge is 0.159 e. The Bertz CT molecular complexity index is 597. The van der Waals surface area contributed by atoms with Crippen LogP contribution in [0.3, 0.4) is 0 Å². The molecule has 0 fully saturated rings. The predicted molar refractivity (Wildman–Crippen MR) is 74.0 cm³/mol. The third-order valence-electron chi connectivity index (χ3n) is 2.91. The maximum absolute atomic E-state index is 13.6. The monoisotopic (exact) mass is 254 g/mol. The molecule has 2 rings (SSSR count). The minimum Gasteiger partial charge on any atom is -0.236 e. The Morgan fingerprint density at radius 3 is 2.58 bits per heavy atom. The number of nitrogens with zero attached hydrogens (tertiary/aromatic N) is 2. The lowest BCUT2D eigenvalue weighted by Crippen LogP contribution is -1.94. The second-order valence-corrected chi connectivity index (χ2v) is 4.36. The first kappa shape index (κ1) is 13.2. The molecule has 96 valence electrons. The van der Waals surface area contributed by atoms with Crippen LogP contribution in [0.2, 0.25) is 0 Å². The van der Waals surface area contributed by atoms with E-state index < -0.39 is 5.82 Å². The van der Waals surface area contributed by atoms with Crippen molar-refractivity contribution in [3.63, 3.8) is 0 Å². The number of aromatic nitrogens is 2. The van der Waals surface area contributed by atoms with Gasteiger partial charge in [0.2, 0.25) is 0 Å². The average molecular weight is 254 g/mol. The Kier molecular flexibility index (Phi) is 4.25. The molecule has 19 heavy (non-hydrogen) atoms. The van der Waals surface area contributed by atoms with Crippen LogP contribution in [0.1, 0.15) is 30.9 Å². The molecule has 0 radical (unpaired) electrons. The third kappa shape index (κ3) is 3.17. The fraction of sp³-hybridized carbons (Fsp3) is 0.250. The van der Waals surface area contributed by atoms with Crippen LogP contribution in [0.5, 0.6) is 0 Å². The highest BCUT2D eigenvalue weighted by molar-refractivity contribution is 5.56. The van der Waals surface area contributed by atoms with Crippen molar-refractivity contribution in [1.82, 2.24) is 9.97 Å². The van der Waals surface area contributed by atoms with Gasteiger partial charge in [0.25, 0.3) is 0 Å². The van der Waals surface area contributed by atoms with E-state index in [1.165, 1.54) is 6.07 Å². The van der Waals surface area contributed by atoms with Gasteiger partial charge in [0.15, 0.2) is 5.82 Å².